The highest BCUT2D eigenvalue weighted by Gasteiger charge is 2.59. The van der Waals surface area contributed by atoms with Crippen LogP contribution in [0.15, 0.2) is 17.8 Å². The van der Waals surface area contributed by atoms with Gasteiger partial charge in [0.1, 0.15) is 0 Å². The van der Waals surface area contributed by atoms with Crippen LogP contribution < -0.4 is 0 Å². The van der Waals surface area contributed by atoms with E-state index in [2.05, 4.69) is 44.1 Å². The molecule has 2 amide bonds. The van der Waals surface area contributed by atoms with Crippen molar-refractivity contribution in [2.24, 2.45) is 47.5 Å². The molecule has 5 aliphatic rings. The summed E-state index contributed by atoms with van der Waals surface area (Å²) in [6.07, 6.45) is 15.0. The second-order valence-corrected chi connectivity index (χ2v) is 14.9. The Bertz CT molecular complexity index is 1200. The summed E-state index contributed by atoms with van der Waals surface area (Å²) in [6, 6.07) is 0.00217. The lowest BCUT2D eigenvalue weighted by molar-refractivity contribution is -0.135. The van der Waals surface area contributed by atoms with E-state index >= 15 is 0 Å². The number of hydrogen-bond donors (Lipinski definition) is 1. The zero-order chi connectivity index (χ0) is 29.1. The molecule has 41 heavy (non-hydrogen) atoms. The molecule has 1 aliphatic heterocycles. The summed E-state index contributed by atoms with van der Waals surface area (Å²) in [7, 11) is 1.76. The predicted molar refractivity (Wildman–Crippen MR) is 158 cm³/mol. The summed E-state index contributed by atoms with van der Waals surface area (Å²) in [4.78, 5) is 30.0. The smallest absolute Gasteiger partial charge is 0.276 e. The number of rotatable bonds is 5. The molecule has 1 saturated heterocycles. The van der Waals surface area contributed by atoms with Gasteiger partial charge in [-0.3, -0.25) is 14.3 Å². The number of aliphatic hydroxyl groups excluding tert-OH is 1. The molecule has 4 aliphatic carbocycles. The van der Waals surface area contributed by atoms with Crippen LogP contribution in [0.4, 0.5) is 0 Å². The topological polar surface area (TPSA) is 91.6 Å². The van der Waals surface area contributed by atoms with Crippen molar-refractivity contribution in [1.29, 1.82) is 0 Å². The molecule has 3 saturated carbocycles. The average Bonchev–Trinajstić information content (AvgIpc) is 3.54. The van der Waals surface area contributed by atoms with Gasteiger partial charge in [0.15, 0.2) is 5.69 Å². The number of hydrogen-bond acceptors (Lipinski definition) is 5. The molecule has 6 rings (SSSR count). The van der Waals surface area contributed by atoms with Gasteiger partial charge in [-0.1, -0.05) is 37.6 Å². The fourth-order valence-electron chi connectivity index (χ4n) is 10.4. The van der Waals surface area contributed by atoms with Gasteiger partial charge in [-0.25, -0.2) is 0 Å². The first kappa shape index (κ1) is 28.9. The van der Waals surface area contributed by atoms with Crippen molar-refractivity contribution >= 4 is 11.8 Å². The quantitative estimate of drug-likeness (QED) is 0.516. The van der Waals surface area contributed by atoms with Gasteiger partial charge >= 0.3 is 0 Å². The third kappa shape index (κ3) is 4.96. The van der Waals surface area contributed by atoms with Crippen molar-refractivity contribution in [3.05, 3.63) is 23.5 Å². The minimum Gasteiger partial charge on any atom is -0.393 e. The Morgan fingerprint density at radius 2 is 1.93 bits per heavy atom. The number of carbonyl (C=O) groups excluding carboxylic acids is 2. The monoisotopic (exact) mass is 565 g/mol. The fraction of sp³-hybridized carbons (Fsp3) is 0.818. The largest absolute Gasteiger partial charge is 0.393 e. The summed E-state index contributed by atoms with van der Waals surface area (Å²) < 4.78 is 1.54. The van der Waals surface area contributed by atoms with Crippen molar-refractivity contribution in [2.45, 2.75) is 104 Å². The van der Waals surface area contributed by atoms with Crippen LogP contribution in [0, 0.1) is 40.4 Å². The highest BCUT2D eigenvalue weighted by atomic mass is 16.3. The molecule has 9 atom stereocenters. The maximum Gasteiger partial charge on any atom is 0.276 e. The van der Waals surface area contributed by atoms with Gasteiger partial charge in [-0.15, -0.1) is 5.10 Å². The Balaban J connectivity index is 1.04. The van der Waals surface area contributed by atoms with Crippen molar-refractivity contribution in [3.8, 4) is 0 Å². The first-order valence-corrected chi connectivity index (χ1v) is 16.3. The van der Waals surface area contributed by atoms with E-state index in [0.717, 1.165) is 43.4 Å². The van der Waals surface area contributed by atoms with Crippen LogP contribution in [-0.2, 0) is 11.8 Å². The Hall–Kier alpha value is -2.22. The standard InChI is InChI=1S/C33H51N5O3/c1-21(6-11-30(40)38-17-16-37(19-22(38)2)31(41)29-20-36(5)35-34-29)26-9-10-27-25-8-7-23-18-24(39)12-14-32(23,3)28(25)13-15-33(26,27)4/h7,20-22,24-28,39H,6,8-19H2,1-5H3/t21?,22?,24-,25-,26+,27-,28-,32-,33+/m0/s1. The SMILES string of the molecule is CC(CCC(=O)N1CCN(C(=O)c2cn(C)nn2)CC1C)[C@H]1CC[C@H]2[C@@H]3CC=C4C[C@@H](O)CC[C@]4(C)[C@H]3CC[C@]12C. The van der Waals surface area contributed by atoms with E-state index in [1.807, 2.05) is 4.90 Å². The highest BCUT2D eigenvalue weighted by molar-refractivity contribution is 5.92. The van der Waals surface area contributed by atoms with Gasteiger partial charge in [-0.2, -0.15) is 0 Å². The van der Waals surface area contributed by atoms with Crippen LogP contribution >= 0.6 is 0 Å². The predicted octanol–water partition coefficient (Wildman–Crippen LogP) is 4.84. The highest BCUT2D eigenvalue weighted by Crippen LogP contribution is 2.67. The number of allylic oxidation sites excluding steroid dienone is 1. The first-order chi connectivity index (χ1) is 19.5. The van der Waals surface area contributed by atoms with Crippen molar-refractivity contribution < 1.29 is 14.7 Å². The molecular weight excluding hydrogens is 514 g/mol. The molecule has 1 N–H and O–H groups in total. The number of piperazine rings is 1. The molecule has 0 bridgehead atoms. The number of aromatic nitrogens is 3. The number of aliphatic hydroxyl groups is 1. The molecule has 1 aromatic heterocycles. The molecule has 8 nitrogen and oxygen atoms in total. The van der Waals surface area contributed by atoms with E-state index in [0.29, 0.717) is 54.4 Å². The normalized spacial score (nSPS) is 39.4. The zero-order valence-corrected chi connectivity index (χ0v) is 25.9. The summed E-state index contributed by atoms with van der Waals surface area (Å²) in [5.74, 6) is 3.68. The third-order valence-electron chi connectivity index (χ3n) is 12.7. The van der Waals surface area contributed by atoms with E-state index < -0.39 is 0 Å². The van der Waals surface area contributed by atoms with Gasteiger partial charge in [0.25, 0.3) is 5.91 Å². The lowest BCUT2D eigenvalue weighted by Gasteiger charge is -2.58. The number of fused-ring (bicyclic) bond motifs is 5. The maximum atomic E-state index is 13.4. The van der Waals surface area contributed by atoms with Crippen LogP contribution in [0.2, 0.25) is 0 Å². The van der Waals surface area contributed by atoms with E-state index in [-0.39, 0.29) is 24.0 Å². The second kappa shape index (κ2) is 10.8. The summed E-state index contributed by atoms with van der Waals surface area (Å²) in [6.45, 7) is 11.2. The molecule has 0 radical (unpaired) electrons. The molecular formula is C33H51N5O3. The van der Waals surface area contributed by atoms with E-state index in [4.69, 9.17) is 0 Å². The van der Waals surface area contributed by atoms with Gasteiger partial charge < -0.3 is 14.9 Å². The molecule has 2 unspecified atom stereocenters. The molecule has 0 aromatic carbocycles. The number of nitrogens with zero attached hydrogens (tertiary/aromatic N) is 5. The van der Waals surface area contributed by atoms with Gasteiger partial charge in [-0.05, 0) is 105 Å². The average molecular weight is 566 g/mol. The van der Waals surface area contributed by atoms with Crippen LogP contribution in [0.1, 0.15) is 102 Å². The molecule has 226 valence electrons. The molecule has 0 spiro atoms. The first-order valence-electron chi connectivity index (χ1n) is 16.3. The van der Waals surface area contributed by atoms with Crippen molar-refractivity contribution in [1.82, 2.24) is 24.8 Å². The molecule has 1 aromatic rings. The Labute approximate surface area is 245 Å². The van der Waals surface area contributed by atoms with Crippen LogP contribution in [-0.4, -0.2) is 73.5 Å². The van der Waals surface area contributed by atoms with Gasteiger partial charge in [0.2, 0.25) is 5.91 Å². The Kier molecular flexibility index (Phi) is 7.61. The third-order valence-corrected chi connectivity index (χ3v) is 12.7. The molecule has 4 fully saturated rings. The van der Waals surface area contributed by atoms with E-state index in [1.54, 1.807) is 28.4 Å². The van der Waals surface area contributed by atoms with E-state index in [1.165, 1.54) is 32.1 Å². The van der Waals surface area contributed by atoms with Gasteiger partial charge in [0.05, 0.1) is 12.3 Å². The summed E-state index contributed by atoms with van der Waals surface area (Å²) in [5, 5.41) is 18.2. The number of aryl methyl sites for hydroxylation is 1. The van der Waals surface area contributed by atoms with Crippen molar-refractivity contribution in [3.63, 3.8) is 0 Å². The minimum atomic E-state index is -0.141. The minimum absolute atomic E-state index is 0.00217. The lowest BCUT2D eigenvalue weighted by Crippen LogP contribution is -2.55. The molecule has 8 heteroatoms. The number of carbonyl (C=O) groups is 2. The van der Waals surface area contributed by atoms with Crippen LogP contribution in [0.5, 0.6) is 0 Å². The van der Waals surface area contributed by atoms with Crippen LogP contribution in [0.25, 0.3) is 0 Å². The summed E-state index contributed by atoms with van der Waals surface area (Å²) >= 11 is 0. The molecule has 2 heterocycles. The Morgan fingerprint density at radius 3 is 2.66 bits per heavy atom. The number of amides is 2. The van der Waals surface area contributed by atoms with Gasteiger partial charge in [0, 0.05) is 39.1 Å². The van der Waals surface area contributed by atoms with Crippen LogP contribution in [0.3, 0.4) is 0 Å². The zero-order valence-electron chi connectivity index (χ0n) is 25.9. The Morgan fingerprint density at radius 1 is 1.12 bits per heavy atom. The van der Waals surface area contributed by atoms with E-state index in [9.17, 15) is 14.7 Å². The second-order valence-electron chi connectivity index (χ2n) is 14.9. The fourth-order valence-corrected chi connectivity index (χ4v) is 10.4. The van der Waals surface area contributed by atoms with Crippen molar-refractivity contribution in [2.75, 3.05) is 19.6 Å². The summed E-state index contributed by atoms with van der Waals surface area (Å²) in [5.41, 5.74) is 2.58. The maximum absolute atomic E-state index is 13.4. The lowest BCUT2D eigenvalue weighted by atomic mass is 9.47.